The van der Waals surface area contributed by atoms with Crippen molar-refractivity contribution in [3.05, 3.63) is 58.3 Å². The minimum Gasteiger partial charge on any atom is -0.362 e. The summed E-state index contributed by atoms with van der Waals surface area (Å²) in [6, 6.07) is 15.4. The van der Waals surface area contributed by atoms with E-state index in [0.717, 1.165) is 24.6 Å². The highest BCUT2D eigenvalue weighted by molar-refractivity contribution is 7.80. The third-order valence-electron chi connectivity index (χ3n) is 4.63. The van der Waals surface area contributed by atoms with E-state index in [1.807, 2.05) is 11.3 Å². The Labute approximate surface area is 154 Å². The summed E-state index contributed by atoms with van der Waals surface area (Å²) >= 11 is 7.32. The van der Waals surface area contributed by atoms with Gasteiger partial charge in [-0.2, -0.15) is 0 Å². The maximum absolute atomic E-state index is 5.46. The minimum atomic E-state index is 0.515. The molecule has 1 aromatic heterocycles. The van der Waals surface area contributed by atoms with Crippen LogP contribution < -0.4 is 15.5 Å². The van der Waals surface area contributed by atoms with Crippen molar-refractivity contribution in [1.82, 2.24) is 10.6 Å². The van der Waals surface area contributed by atoms with Gasteiger partial charge in [0.2, 0.25) is 0 Å². The molecule has 0 spiro atoms. The Morgan fingerprint density at radius 3 is 2.58 bits per heavy atom. The molecule has 0 aliphatic carbocycles. The van der Waals surface area contributed by atoms with E-state index in [4.69, 9.17) is 12.2 Å². The molecule has 0 saturated carbocycles. The van der Waals surface area contributed by atoms with Crippen LogP contribution in [0.25, 0.3) is 0 Å². The largest absolute Gasteiger partial charge is 0.362 e. The van der Waals surface area contributed by atoms with Crippen LogP contribution in [0, 0.1) is 0 Å². The molecular formula is C19H26N3S2+. The maximum atomic E-state index is 5.46. The summed E-state index contributed by atoms with van der Waals surface area (Å²) in [6.07, 6.45) is 3.68. The number of nitrogens with one attached hydrogen (secondary N) is 3. The van der Waals surface area contributed by atoms with E-state index in [2.05, 4.69) is 58.5 Å². The summed E-state index contributed by atoms with van der Waals surface area (Å²) in [5.41, 5.74) is 1.34. The molecule has 1 fully saturated rings. The van der Waals surface area contributed by atoms with E-state index in [1.54, 1.807) is 4.90 Å². The van der Waals surface area contributed by atoms with Crippen LogP contribution in [0.2, 0.25) is 0 Å². The zero-order chi connectivity index (χ0) is 16.6. The predicted molar refractivity (Wildman–Crippen MR) is 106 cm³/mol. The molecule has 3 N–H and O–H groups in total. The van der Waals surface area contributed by atoms with E-state index in [0.29, 0.717) is 6.04 Å². The Kier molecular flexibility index (Phi) is 6.64. The van der Waals surface area contributed by atoms with Gasteiger partial charge in [-0.1, -0.05) is 36.4 Å². The summed E-state index contributed by atoms with van der Waals surface area (Å²) in [5.74, 6) is 0. The number of hydrogen-bond acceptors (Lipinski definition) is 2. The molecule has 3 rings (SSSR count). The normalized spacial score (nSPS) is 16.0. The number of hydrogen-bond donors (Lipinski definition) is 3. The summed E-state index contributed by atoms with van der Waals surface area (Å²) < 4.78 is 0. The first-order valence-electron chi connectivity index (χ1n) is 8.76. The first-order valence-corrected chi connectivity index (χ1v) is 10.1. The number of quaternary nitrogens is 1. The van der Waals surface area contributed by atoms with Crippen molar-refractivity contribution in [2.75, 3.05) is 26.2 Å². The van der Waals surface area contributed by atoms with Crippen molar-refractivity contribution in [3.8, 4) is 0 Å². The van der Waals surface area contributed by atoms with Crippen molar-refractivity contribution in [2.24, 2.45) is 0 Å². The standard InChI is InChI=1S/C19H25N3S2/c23-19(20-11-10-16-7-2-1-3-8-16)21-15-17(18-9-6-14-24-18)22-12-4-5-13-22/h1-3,6-9,14,17H,4-5,10-13,15H2,(H2,20,21,23)/p+1/t17-/m0/s1. The van der Waals surface area contributed by atoms with Crippen LogP contribution in [0.3, 0.4) is 0 Å². The molecule has 0 unspecified atom stereocenters. The third-order valence-corrected chi connectivity index (χ3v) is 5.91. The van der Waals surface area contributed by atoms with E-state index in [9.17, 15) is 0 Å². The molecule has 1 aliphatic rings. The van der Waals surface area contributed by atoms with Crippen LogP contribution in [0.5, 0.6) is 0 Å². The van der Waals surface area contributed by atoms with Crippen LogP contribution in [-0.2, 0) is 6.42 Å². The Bertz CT molecular complexity index is 607. The van der Waals surface area contributed by atoms with Gasteiger partial charge in [0.15, 0.2) is 5.11 Å². The molecule has 5 heteroatoms. The quantitative estimate of drug-likeness (QED) is 0.661. The number of thiocarbonyl (C=S) groups is 1. The van der Waals surface area contributed by atoms with Crippen molar-refractivity contribution >= 4 is 28.7 Å². The lowest BCUT2D eigenvalue weighted by molar-refractivity contribution is -0.918. The SMILES string of the molecule is S=C(NCCc1ccccc1)NC[C@@H](c1cccs1)[NH+]1CCCC1. The molecule has 0 amide bonds. The van der Waals surface area contributed by atoms with E-state index in [-0.39, 0.29) is 0 Å². The van der Waals surface area contributed by atoms with Gasteiger partial charge in [0, 0.05) is 19.4 Å². The fraction of sp³-hybridized carbons (Fsp3) is 0.421. The molecule has 1 saturated heterocycles. The lowest BCUT2D eigenvalue weighted by Crippen LogP contribution is -3.11. The predicted octanol–water partition coefficient (Wildman–Crippen LogP) is 2.17. The van der Waals surface area contributed by atoms with Gasteiger partial charge in [-0.05, 0) is 35.6 Å². The van der Waals surface area contributed by atoms with E-state index >= 15 is 0 Å². The average molecular weight is 361 g/mol. The Hall–Kier alpha value is -1.43. The molecule has 2 aromatic rings. The highest BCUT2D eigenvalue weighted by atomic mass is 32.1. The van der Waals surface area contributed by atoms with Crippen LogP contribution in [0.1, 0.15) is 29.3 Å². The van der Waals surface area contributed by atoms with Crippen LogP contribution in [-0.4, -0.2) is 31.3 Å². The lowest BCUT2D eigenvalue weighted by Gasteiger charge is -2.24. The second-order valence-electron chi connectivity index (χ2n) is 6.31. The van der Waals surface area contributed by atoms with Gasteiger partial charge in [0.05, 0.1) is 24.5 Å². The maximum Gasteiger partial charge on any atom is 0.166 e. The molecule has 0 bridgehead atoms. The first kappa shape index (κ1) is 17.4. The Morgan fingerprint density at radius 2 is 1.88 bits per heavy atom. The molecule has 128 valence electrons. The minimum absolute atomic E-state index is 0.515. The first-order chi connectivity index (χ1) is 11.8. The fourth-order valence-electron chi connectivity index (χ4n) is 3.34. The zero-order valence-corrected chi connectivity index (χ0v) is 15.6. The fourth-order valence-corrected chi connectivity index (χ4v) is 4.41. The highest BCUT2D eigenvalue weighted by Gasteiger charge is 2.28. The van der Waals surface area contributed by atoms with Gasteiger partial charge < -0.3 is 15.5 Å². The monoisotopic (exact) mass is 360 g/mol. The molecule has 24 heavy (non-hydrogen) atoms. The number of rotatable bonds is 7. The van der Waals surface area contributed by atoms with Gasteiger partial charge >= 0.3 is 0 Å². The molecule has 1 aromatic carbocycles. The van der Waals surface area contributed by atoms with Crippen molar-refractivity contribution in [2.45, 2.75) is 25.3 Å². The summed E-state index contributed by atoms with van der Waals surface area (Å²) in [5, 5.41) is 9.72. The molecule has 1 aliphatic heterocycles. The summed E-state index contributed by atoms with van der Waals surface area (Å²) in [4.78, 5) is 3.16. The number of likely N-dealkylation sites (tertiary alicyclic amines) is 1. The molecular weight excluding hydrogens is 334 g/mol. The topological polar surface area (TPSA) is 28.5 Å². The van der Waals surface area contributed by atoms with E-state index in [1.165, 1.54) is 36.4 Å². The highest BCUT2D eigenvalue weighted by Crippen LogP contribution is 2.17. The molecule has 0 radical (unpaired) electrons. The van der Waals surface area contributed by atoms with E-state index < -0.39 is 0 Å². The number of thiophene rings is 1. The molecule has 3 nitrogen and oxygen atoms in total. The van der Waals surface area contributed by atoms with Gasteiger partial charge in [0.1, 0.15) is 6.04 Å². The van der Waals surface area contributed by atoms with Gasteiger partial charge in [-0.15, -0.1) is 11.3 Å². The van der Waals surface area contributed by atoms with Crippen LogP contribution in [0.4, 0.5) is 0 Å². The van der Waals surface area contributed by atoms with Crippen molar-refractivity contribution in [3.63, 3.8) is 0 Å². The molecule has 1 atom stereocenters. The average Bonchev–Trinajstić information content (AvgIpc) is 3.30. The van der Waals surface area contributed by atoms with Crippen LogP contribution in [0.15, 0.2) is 47.8 Å². The number of benzene rings is 1. The zero-order valence-electron chi connectivity index (χ0n) is 14.0. The molecule has 2 heterocycles. The van der Waals surface area contributed by atoms with Gasteiger partial charge in [-0.3, -0.25) is 0 Å². The summed E-state index contributed by atoms with van der Waals surface area (Å²) in [7, 11) is 0. The lowest BCUT2D eigenvalue weighted by atomic mass is 10.1. The Balaban J connectivity index is 1.44. The third kappa shape index (κ3) is 5.03. The van der Waals surface area contributed by atoms with Gasteiger partial charge in [0.25, 0.3) is 0 Å². The second kappa shape index (κ2) is 9.16. The van der Waals surface area contributed by atoms with Crippen molar-refractivity contribution < 1.29 is 4.90 Å². The van der Waals surface area contributed by atoms with Gasteiger partial charge in [-0.25, -0.2) is 0 Å². The second-order valence-corrected chi connectivity index (χ2v) is 7.69. The smallest absolute Gasteiger partial charge is 0.166 e. The summed E-state index contributed by atoms with van der Waals surface area (Å²) in [6.45, 7) is 4.33. The van der Waals surface area contributed by atoms with Crippen LogP contribution >= 0.6 is 23.6 Å². The van der Waals surface area contributed by atoms with Crippen molar-refractivity contribution in [1.29, 1.82) is 0 Å². The Morgan fingerprint density at radius 1 is 1.08 bits per heavy atom.